The van der Waals surface area contributed by atoms with E-state index in [1.54, 1.807) is 41.2 Å². The quantitative estimate of drug-likeness (QED) is 0.217. The largest absolute Gasteiger partial charge is 0.279 e. The summed E-state index contributed by atoms with van der Waals surface area (Å²) < 4.78 is 29.4. The molecule has 6 rings (SSSR count). The summed E-state index contributed by atoms with van der Waals surface area (Å²) in [4.78, 5) is 25.8. The van der Waals surface area contributed by atoms with Gasteiger partial charge in [0.2, 0.25) is 10.0 Å². The highest BCUT2D eigenvalue weighted by Gasteiger charge is 2.29. The number of sulfonamides is 1. The van der Waals surface area contributed by atoms with Gasteiger partial charge in [-0.2, -0.15) is 4.31 Å². The molecule has 7 nitrogen and oxygen atoms in total. The van der Waals surface area contributed by atoms with Gasteiger partial charge in [0, 0.05) is 35.9 Å². The number of nitrogens with zero attached hydrogens (tertiary/aromatic N) is 4. The van der Waals surface area contributed by atoms with Crippen molar-refractivity contribution < 1.29 is 13.2 Å². The van der Waals surface area contributed by atoms with Crippen LogP contribution >= 0.6 is 23.1 Å². The van der Waals surface area contributed by atoms with Gasteiger partial charge in [-0.05, 0) is 71.8 Å². The summed E-state index contributed by atoms with van der Waals surface area (Å²) in [6.07, 6.45) is 6.10. The molecule has 10 heteroatoms. The van der Waals surface area contributed by atoms with Crippen molar-refractivity contribution in [3.8, 4) is 0 Å². The van der Waals surface area contributed by atoms with Crippen molar-refractivity contribution in [2.45, 2.75) is 29.3 Å². The smallest absolute Gasteiger partial charge is 0.260 e. The van der Waals surface area contributed by atoms with E-state index in [1.165, 1.54) is 33.3 Å². The molecule has 1 amide bonds. The zero-order valence-electron chi connectivity index (χ0n) is 21.7. The normalized spacial score (nSPS) is 13.7. The molecule has 0 fully saturated rings. The first-order valence-corrected chi connectivity index (χ1v) is 16.2. The molecule has 0 N–H and O–H groups in total. The van der Waals surface area contributed by atoms with Gasteiger partial charge in [0.15, 0.2) is 5.13 Å². The van der Waals surface area contributed by atoms with Crippen LogP contribution in [0.5, 0.6) is 0 Å². The minimum Gasteiger partial charge on any atom is -0.279 e. The second-order valence-electron chi connectivity index (χ2n) is 9.44. The number of carbonyl (C=O) groups excluding carboxylic acids is 1. The fourth-order valence-electron chi connectivity index (χ4n) is 4.84. The van der Waals surface area contributed by atoms with Gasteiger partial charge < -0.3 is 0 Å². The van der Waals surface area contributed by atoms with Crippen LogP contribution in [0.4, 0.5) is 5.13 Å². The lowest BCUT2D eigenvalue weighted by Gasteiger charge is -2.28. The molecule has 0 bridgehead atoms. The summed E-state index contributed by atoms with van der Waals surface area (Å²) in [5.41, 5.74) is 4.32. The maximum atomic E-state index is 13.9. The fraction of sp³-hybridized carbons (Fsp3) is 0.167. The van der Waals surface area contributed by atoms with Crippen molar-refractivity contribution in [2.24, 2.45) is 0 Å². The van der Waals surface area contributed by atoms with Crippen LogP contribution in [0.2, 0.25) is 0 Å². The number of carbonyl (C=O) groups is 1. The molecular formula is C30H26N4O3S3. The minimum atomic E-state index is -3.71. The third-order valence-corrected chi connectivity index (χ3v) is 10.6. The molecule has 1 aliphatic rings. The zero-order valence-corrected chi connectivity index (χ0v) is 24.2. The van der Waals surface area contributed by atoms with E-state index in [4.69, 9.17) is 4.98 Å². The molecule has 2 aromatic heterocycles. The van der Waals surface area contributed by atoms with Crippen LogP contribution in [0.25, 0.3) is 10.2 Å². The summed E-state index contributed by atoms with van der Waals surface area (Å²) in [6, 6.07) is 23.9. The third kappa shape index (κ3) is 5.15. The number of thiazole rings is 1. The Bertz CT molecular complexity index is 1790. The van der Waals surface area contributed by atoms with E-state index in [0.29, 0.717) is 30.2 Å². The first kappa shape index (κ1) is 26.6. The average molecular weight is 587 g/mol. The predicted octanol–water partition coefficient (Wildman–Crippen LogP) is 6.01. The third-order valence-electron chi connectivity index (χ3n) is 6.96. The number of hydrogen-bond donors (Lipinski definition) is 0. The summed E-state index contributed by atoms with van der Waals surface area (Å²) in [6.45, 7) is 1.05. The Morgan fingerprint density at radius 3 is 2.55 bits per heavy atom. The lowest BCUT2D eigenvalue weighted by molar-refractivity contribution is 0.0985. The van der Waals surface area contributed by atoms with E-state index in [9.17, 15) is 13.2 Å². The van der Waals surface area contributed by atoms with Crippen molar-refractivity contribution in [1.82, 2.24) is 14.3 Å². The monoisotopic (exact) mass is 586 g/mol. The Morgan fingerprint density at radius 2 is 1.80 bits per heavy atom. The lowest BCUT2D eigenvalue weighted by atomic mass is 10.0. The van der Waals surface area contributed by atoms with Crippen LogP contribution in [0.1, 0.15) is 27.0 Å². The van der Waals surface area contributed by atoms with Gasteiger partial charge in [-0.15, -0.1) is 11.8 Å². The summed E-state index contributed by atoms with van der Waals surface area (Å²) in [5.74, 6) is -0.260. The fourth-order valence-corrected chi connectivity index (χ4v) is 7.88. The van der Waals surface area contributed by atoms with Gasteiger partial charge in [-0.3, -0.25) is 14.7 Å². The van der Waals surface area contributed by atoms with Crippen molar-refractivity contribution in [1.29, 1.82) is 0 Å². The molecule has 1 aliphatic heterocycles. The molecule has 0 spiro atoms. The SMILES string of the molecule is CSc1cccc2sc(N(Cc3cccnc3)C(=O)c3ccc(S(=O)(=O)N4CCc5ccccc5C4)cc3)nc12. The highest BCUT2D eigenvalue weighted by molar-refractivity contribution is 7.98. The van der Waals surface area contributed by atoms with Crippen LogP contribution in [0.15, 0.2) is 101 Å². The minimum absolute atomic E-state index is 0.173. The summed E-state index contributed by atoms with van der Waals surface area (Å²) in [7, 11) is -3.71. The van der Waals surface area contributed by atoms with Crippen molar-refractivity contribution >= 4 is 54.4 Å². The average Bonchev–Trinajstić information content (AvgIpc) is 3.44. The Hall–Kier alpha value is -3.57. The topological polar surface area (TPSA) is 83.5 Å². The molecule has 0 unspecified atom stereocenters. The maximum absolute atomic E-state index is 13.9. The van der Waals surface area contributed by atoms with Gasteiger partial charge in [0.05, 0.1) is 21.7 Å². The standard InChI is InChI=1S/C30H26N4O3S3/c1-38-26-9-4-10-27-28(26)32-30(39-27)34(19-21-6-5-16-31-18-21)29(35)23-11-13-25(14-12-23)40(36,37)33-17-15-22-7-2-3-8-24(22)20-33/h2-14,16,18H,15,17,19-20H2,1H3. The molecule has 202 valence electrons. The number of thioether (sulfide) groups is 1. The predicted molar refractivity (Wildman–Crippen MR) is 160 cm³/mol. The number of aromatic nitrogens is 2. The van der Waals surface area contributed by atoms with Crippen molar-refractivity contribution in [3.63, 3.8) is 0 Å². The molecule has 5 aromatic rings. The molecule has 0 atom stereocenters. The molecule has 0 saturated carbocycles. The van der Waals surface area contributed by atoms with Crippen LogP contribution < -0.4 is 4.90 Å². The Kier molecular flexibility index (Phi) is 7.41. The van der Waals surface area contributed by atoms with Gasteiger partial charge in [0.1, 0.15) is 0 Å². The molecule has 3 heterocycles. The zero-order chi connectivity index (χ0) is 27.7. The van der Waals surface area contributed by atoms with Gasteiger partial charge in [-0.25, -0.2) is 13.4 Å². The number of benzene rings is 3. The number of pyridine rings is 1. The van der Waals surface area contributed by atoms with Crippen LogP contribution in [-0.2, 0) is 29.5 Å². The molecular weight excluding hydrogens is 561 g/mol. The van der Waals surface area contributed by atoms with Gasteiger partial charge in [0.25, 0.3) is 5.91 Å². The molecule has 0 saturated heterocycles. The Labute approximate surface area is 241 Å². The number of anilines is 1. The van der Waals surface area contributed by atoms with Gasteiger partial charge >= 0.3 is 0 Å². The number of fused-ring (bicyclic) bond motifs is 2. The van der Waals surface area contributed by atoms with Crippen LogP contribution in [0.3, 0.4) is 0 Å². The number of hydrogen-bond acceptors (Lipinski definition) is 7. The second kappa shape index (κ2) is 11.1. The first-order valence-electron chi connectivity index (χ1n) is 12.8. The van der Waals surface area contributed by atoms with Crippen LogP contribution in [-0.4, -0.2) is 41.4 Å². The maximum Gasteiger partial charge on any atom is 0.260 e. The van der Waals surface area contributed by atoms with E-state index in [-0.39, 0.29) is 17.3 Å². The van der Waals surface area contributed by atoms with Crippen molar-refractivity contribution in [3.05, 3.63) is 114 Å². The van der Waals surface area contributed by atoms with Crippen LogP contribution in [0, 0.1) is 0 Å². The second-order valence-corrected chi connectivity index (χ2v) is 13.2. The highest BCUT2D eigenvalue weighted by atomic mass is 32.2. The van der Waals surface area contributed by atoms with E-state index in [1.807, 2.05) is 60.9 Å². The highest BCUT2D eigenvalue weighted by Crippen LogP contribution is 2.35. The van der Waals surface area contributed by atoms with Gasteiger partial charge in [-0.1, -0.05) is 47.7 Å². The lowest BCUT2D eigenvalue weighted by Crippen LogP contribution is -2.36. The van der Waals surface area contributed by atoms with E-state index in [0.717, 1.165) is 26.2 Å². The number of rotatable bonds is 7. The molecule has 3 aromatic carbocycles. The molecule has 40 heavy (non-hydrogen) atoms. The number of amides is 1. The van der Waals surface area contributed by atoms with Crippen molar-refractivity contribution in [2.75, 3.05) is 17.7 Å². The van der Waals surface area contributed by atoms with E-state index < -0.39 is 10.0 Å². The van der Waals surface area contributed by atoms with E-state index >= 15 is 0 Å². The number of para-hydroxylation sites is 1. The summed E-state index contributed by atoms with van der Waals surface area (Å²) in [5, 5.41) is 0.578. The molecule has 0 aliphatic carbocycles. The first-order chi connectivity index (χ1) is 19.4. The Balaban J connectivity index is 1.30. The van der Waals surface area contributed by atoms with E-state index in [2.05, 4.69) is 4.98 Å². The molecule has 0 radical (unpaired) electrons. The Morgan fingerprint density at radius 1 is 1.00 bits per heavy atom. The summed E-state index contributed by atoms with van der Waals surface area (Å²) >= 11 is 3.07.